The highest BCUT2D eigenvalue weighted by Gasteiger charge is 2.71. The molecular weight excluding hydrogens is 396 g/mol. The summed E-state index contributed by atoms with van der Waals surface area (Å²) in [6.45, 7) is 3.20. The van der Waals surface area contributed by atoms with Gasteiger partial charge in [0, 0.05) is 30.0 Å². The number of benzene rings is 2. The smallest absolute Gasteiger partial charge is 0.369 e. The highest BCUT2D eigenvalue weighted by Crippen LogP contribution is 2.51. The predicted octanol–water partition coefficient (Wildman–Crippen LogP) is 5.03. The molecule has 0 aromatic heterocycles. The van der Waals surface area contributed by atoms with Gasteiger partial charge >= 0.3 is 12.4 Å². The maximum atomic E-state index is 13.1. The number of rotatable bonds is 4. The third-order valence-electron chi connectivity index (χ3n) is 5.99. The van der Waals surface area contributed by atoms with Crippen molar-refractivity contribution in [3.8, 4) is 0 Å². The molecule has 1 heterocycles. The van der Waals surface area contributed by atoms with E-state index in [-0.39, 0.29) is 11.3 Å². The largest absolute Gasteiger partial charge is 0.430 e. The maximum Gasteiger partial charge on any atom is 0.430 e. The predicted molar refractivity (Wildman–Crippen MR) is 96.5 cm³/mol. The lowest BCUT2D eigenvalue weighted by Gasteiger charge is -2.36. The van der Waals surface area contributed by atoms with Crippen molar-refractivity contribution in [2.45, 2.75) is 42.6 Å². The van der Waals surface area contributed by atoms with E-state index in [2.05, 4.69) is 5.32 Å². The van der Waals surface area contributed by atoms with Gasteiger partial charge in [-0.2, -0.15) is 26.3 Å². The van der Waals surface area contributed by atoms with Gasteiger partial charge in [0.15, 0.2) is 0 Å². The zero-order chi connectivity index (χ0) is 21.5. The normalized spacial score (nSPS) is 23.4. The molecular formula is C21H21F6NO. The monoisotopic (exact) mass is 417 g/mol. The molecule has 29 heavy (non-hydrogen) atoms. The maximum absolute atomic E-state index is 13.1. The number of hydrogen-bond donors (Lipinski definition) is 2. The van der Waals surface area contributed by atoms with E-state index in [1.807, 2.05) is 37.3 Å². The zero-order valence-electron chi connectivity index (χ0n) is 15.6. The summed E-state index contributed by atoms with van der Waals surface area (Å²) < 4.78 is 78.6. The molecule has 1 aliphatic rings. The Hall–Kier alpha value is -2.06. The van der Waals surface area contributed by atoms with Gasteiger partial charge in [-0.3, -0.25) is 0 Å². The van der Waals surface area contributed by atoms with Gasteiger partial charge in [0.05, 0.1) is 0 Å². The molecule has 0 radical (unpaired) electrons. The van der Waals surface area contributed by atoms with Crippen LogP contribution < -0.4 is 5.32 Å². The molecule has 8 heteroatoms. The Morgan fingerprint density at radius 3 is 1.97 bits per heavy atom. The van der Waals surface area contributed by atoms with E-state index in [4.69, 9.17) is 0 Å². The summed E-state index contributed by atoms with van der Waals surface area (Å²) in [5.74, 6) is -0.131. The SMILES string of the molecule is CC[C@]1(c2ccccc2)CNC[C@H]1c1ccc(C(O)(C(F)(F)F)C(F)(F)F)cc1. The van der Waals surface area contributed by atoms with E-state index in [1.165, 1.54) is 12.1 Å². The number of nitrogens with one attached hydrogen (secondary N) is 1. The van der Waals surface area contributed by atoms with Crippen molar-refractivity contribution in [2.24, 2.45) is 0 Å². The molecule has 1 saturated heterocycles. The van der Waals surface area contributed by atoms with Crippen LogP contribution in [0.3, 0.4) is 0 Å². The van der Waals surface area contributed by atoms with Crippen molar-refractivity contribution in [1.82, 2.24) is 5.32 Å². The molecule has 2 atom stereocenters. The van der Waals surface area contributed by atoms with Crippen LogP contribution in [0.1, 0.15) is 36.0 Å². The summed E-state index contributed by atoms with van der Waals surface area (Å²) in [7, 11) is 0. The molecule has 0 spiro atoms. The average Bonchev–Trinajstić information content (AvgIpc) is 3.11. The molecule has 158 valence electrons. The quantitative estimate of drug-likeness (QED) is 0.684. The van der Waals surface area contributed by atoms with Crippen molar-refractivity contribution in [1.29, 1.82) is 0 Å². The van der Waals surface area contributed by atoms with Crippen molar-refractivity contribution in [3.63, 3.8) is 0 Å². The van der Waals surface area contributed by atoms with Crippen LogP contribution >= 0.6 is 0 Å². The second-order valence-electron chi connectivity index (χ2n) is 7.39. The summed E-state index contributed by atoms with van der Waals surface area (Å²) in [5.41, 5.74) is -4.80. The fraction of sp³-hybridized carbons (Fsp3) is 0.429. The molecule has 0 aliphatic carbocycles. The minimum atomic E-state index is -5.89. The second-order valence-corrected chi connectivity index (χ2v) is 7.39. The average molecular weight is 417 g/mol. The molecule has 2 nitrogen and oxygen atoms in total. The van der Waals surface area contributed by atoms with Crippen molar-refractivity contribution >= 4 is 0 Å². The number of halogens is 6. The van der Waals surface area contributed by atoms with Gasteiger partial charge in [0.1, 0.15) is 0 Å². The lowest BCUT2D eigenvalue weighted by atomic mass is 9.68. The molecule has 2 N–H and O–H groups in total. The molecule has 0 bridgehead atoms. The number of aliphatic hydroxyl groups is 1. The first-order valence-corrected chi connectivity index (χ1v) is 9.20. The Morgan fingerprint density at radius 1 is 0.931 bits per heavy atom. The van der Waals surface area contributed by atoms with Crippen molar-refractivity contribution in [2.75, 3.05) is 13.1 Å². The van der Waals surface area contributed by atoms with Crippen LogP contribution in [-0.4, -0.2) is 30.5 Å². The van der Waals surface area contributed by atoms with Gasteiger partial charge in [-0.25, -0.2) is 0 Å². The van der Waals surface area contributed by atoms with Gasteiger partial charge in [-0.1, -0.05) is 61.5 Å². The molecule has 3 rings (SSSR count). The summed E-state index contributed by atoms with van der Waals surface area (Å²) >= 11 is 0. The second kappa shape index (κ2) is 7.32. The summed E-state index contributed by atoms with van der Waals surface area (Å²) in [6, 6.07) is 13.6. The Labute approximate surface area is 164 Å². The minimum Gasteiger partial charge on any atom is -0.369 e. The number of hydrogen-bond acceptors (Lipinski definition) is 2. The summed E-state index contributed by atoms with van der Waals surface area (Å²) in [4.78, 5) is 0. The van der Waals surface area contributed by atoms with Crippen LogP contribution in [0.25, 0.3) is 0 Å². The Morgan fingerprint density at radius 2 is 1.48 bits per heavy atom. The van der Waals surface area contributed by atoms with E-state index < -0.39 is 23.5 Å². The van der Waals surface area contributed by atoms with Crippen LogP contribution in [0.15, 0.2) is 54.6 Å². The third-order valence-corrected chi connectivity index (χ3v) is 5.99. The Kier molecular flexibility index (Phi) is 5.47. The van der Waals surface area contributed by atoms with E-state index >= 15 is 0 Å². The van der Waals surface area contributed by atoms with Crippen LogP contribution in [0.5, 0.6) is 0 Å². The molecule has 0 saturated carbocycles. The fourth-order valence-corrected chi connectivity index (χ4v) is 4.29. The first kappa shape index (κ1) is 21.6. The molecule has 1 aliphatic heterocycles. The van der Waals surface area contributed by atoms with E-state index in [0.717, 1.165) is 24.1 Å². The highest BCUT2D eigenvalue weighted by atomic mass is 19.4. The van der Waals surface area contributed by atoms with Gasteiger partial charge in [0.2, 0.25) is 0 Å². The minimum absolute atomic E-state index is 0.131. The Balaban J connectivity index is 2.02. The van der Waals surface area contributed by atoms with Gasteiger partial charge in [-0.05, 0) is 17.5 Å². The van der Waals surface area contributed by atoms with Gasteiger partial charge < -0.3 is 10.4 Å². The van der Waals surface area contributed by atoms with Crippen LogP contribution in [-0.2, 0) is 11.0 Å². The fourth-order valence-electron chi connectivity index (χ4n) is 4.29. The standard InChI is InChI=1S/C21H21F6NO/c1-2-18(15-6-4-3-5-7-15)13-28-12-17(18)14-8-10-16(11-9-14)19(29,20(22,23)24)21(25,26)27/h3-11,17,28-29H,2,12-13H2,1H3/t17-,18+/m0/s1. The molecule has 0 unspecified atom stereocenters. The number of alkyl halides is 6. The Bertz CT molecular complexity index is 817. The van der Waals surface area contributed by atoms with Crippen LogP contribution in [0.2, 0.25) is 0 Å². The molecule has 2 aromatic rings. The van der Waals surface area contributed by atoms with Crippen molar-refractivity contribution < 1.29 is 31.4 Å². The van der Waals surface area contributed by atoms with E-state index in [0.29, 0.717) is 18.7 Å². The summed E-state index contributed by atoms with van der Waals surface area (Å²) in [5, 5.41) is 12.9. The topological polar surface area (TPSA) is 32.3 Å². The van der Waals surface area contributed by atoms with Gasteiger partial charge in [0.25, 0.3) is 5.60 Å². The summed E-state index contributed by atoms with van der Waals surface area (Å²) in [6.07, 6.45) is -11.0. The van der Waals surface area contributed by atoms with E-state index in [9.17, 15) is 31.4 Å². The van der Waals surface area contributed by atoms with Crippen LogP contribution in [0.4, 0.5) is 26.3 Å². The first-order chi connectivity index (χ1) is 13.5. The van der Waals surface area contributed by atoms with Crippen molar-refractivity contribution in [3.05, 3.63) is 71.3 Å². The van der Waals surface area contributed by atoms with Crippen LogP contribution in [0, 0.1) is 0 Å². The lowest BCUT2D eigenvalue weighted by molar-refractivity contribution is -0.376. The zero-order valence-corrected chi connectivity index (χ0v) is 15.6. The first-order valence-electron chi connectivity index (χ1n) is 9.20. The van der Waals surface area contributed by atoms with E-state index in [1.54, 1.807) is 0 Å². The highest BCUT2D eigenvalue weighted by molar-refractivity contribution is 5.39. The van der Waals surface area contributed by atoms with Gasteiger partial charge in [-0.15, -0.1) is 0 Å². The molecule has 2 aromatic carbocycles. The third kappa shape index (κ3) is 3.42. The molecule has 0 amide bonds. The molecule has 1 fully saturated rings. The lowest BCUT2D eigenvalue weighted by Crippen LogP contribution is -2.53.